The van der Waals surface area contributed by atoms with Crippen LogP contribution >= 0.6 is 0 Å². The lowest BCUT2D eigenvalue weighted by molar-refractivity contribution is 0.410. The van der Waals surface area contributed by atoms with Crippen LogP contribution in [0.2, 0.25) is 0 Å². The summed E-state index contributed by atoms with van der Waals surface area (Å²) in [4.78, 5) is 9.25. The summed E-state index contributed by atoms with van der Waals surface area (Å²) in [5, 5.41) is 29.1. The molecule has 2 heterocycles. The third-order valence-corrected chi connectivity index (χ3v) is 4.40. The fourth-order valence-electron chi connectivity index (χ4n) is 3.13. The zero-order valence-corrected chi connectivity index (χ0v) is 14.0. The standard InChI is InChI=1S/C19H18N4O2/c1-10-3-5-12-13(7-10)22-19(21-12)17-16(25)9-23(18(17)20)14-8-11(2)4-6-15(14)24/h3-8,20,24-25H,9H2,1-2H3,(H,21,22). The lowest BCUT2D eigenvalue weighted by Gasteiger charge is -2.20. The van der Waals surface area contributed by atoms with Gasteiger partial charge in [-0.05, 0) is 49.2 Å². The van der Waals surface area contributed by atoms with Gasteiger partial charge < -0.3 is 20.1 Å². The Morgan fingerprint density at radius 1 is 1.08 bits per heavy atom. The molecule has 2 aromatic carbocycles. The molecule has 25 heavy (non-hydrogen) atoms. The van der Waals surface area contributed by atoms with Crippen molar-refractivity contribution in [2.24, 2.45) is 0 Å². The van der Waals surface area contributed by atoms with Crippen molar-refractivity contribution in [3.8, 4) is 5.75 Å². The van der Waals surface area contributed by atoms with Gasteiger partial charge in [-0.1, -0.05) is 12.1 Å². The van der Waals surface area contributed by atoms with E-state index in [1.165, 1.54) is 0 Å². The number of H-pyrrole nitrogens is 1. The van der Waals surface area contributed by atoms with Crippen LogP contribution in [0.3, 0.4) is 0 Å². The molecule has 4 rings (SSSR count). The van der Waals surface area contributed by atoms with Gasteiger partial charge in [-0.15, -0.1) is 0 Å². The molecule has 3 aromatic rings. The van der Waals surface area contributed by atoms with E-state index in [9.17, 15) is 10.2 Å². The number of phenolic OH excluding ortho intramolecular Hbond substituents is 1. The molecule has 0 unspecified atom stereocenters. The number of amidine groups is 1. The van der Waals surface area contributed by atoms with Crippen LogP contribution in [-0.4, -0.2) is 32.6 Å². The summed E-state index contributed by atoms with van der Waals surface area (Å²) in [6.45, 7) is 4.04. The number of phenols is 1. The first-order valence-corrected chi connectivity index (χ1v) is 7.99. The van der Waals surface area contributed by atoms with Crippen LogP contribution in [0.5, 0.6) is 5.75 Å². The van der Waals surface area contributed by atoms with Gasteiger partial charge in [0.25, 0.3) is 0 Å². The summed E-state index contributed by atoms with van der Waals surface area (Å²) < 4.78 is 0. The number of hydrogen-bond acceptors (Lipinski definition) is 4. The molecule has 1 aliphatic heterocycles. The lowest BCUT2D eigenvalue weighted by Crippen LogP contribution is -2.26. The molecule has 126 valence electrons. The second-order valence-electron chi connectivity index (χ2n) is 6.35. The minimum Gasteiger partial charge on any atom is -0.509 e. The first-order chi connectivity index (χ1) is 11.9. The number of fused-ring (bicyclic) bond motifs is 1. The number of aliphatic hydroxyl groups is 1. The summed E-state index contributed by atoms with van der Waals surface area (Å²) in [5.74, 6) is 0.693. The second kappa shape index (κ2) is 5.37. The van der Waals surface area contributed by atoms with Crippen molar-refractivity contribution in [3.63, 3.8) is 0 Å². The molecule has 6 nitrogen and oxygen atoms in total. The predicted molar refractivity (Wildman–Crippen MR) is 98.3 cm³/mol. The SMILES string of the molecule is Cc1ccc(O)c(N2CC(O)=C(c3nc4ccc(C)cc4[nH]3)C2=N)c1. The normalized spacial score (nSPS) is 14.8. The molecule has 0 saturated carbocycles. The molecular formula is C19H18N4O2. The second-order valence-corrected chi connectivity index (χ2v) is 6.35. The number of anilines is 1. The summed E-state index contributed by atoms with van der Waals surface area (Å²) >= 11 is 0. The highest BCUT2D eigenvalue weighted by Gasteiger charge is 2.32. The summed E-state index contributed by atoms with van der Waals surface area (Å²) in [7, 11) is 0. The maximum absolute atomic E-state index is 10.4. The molecule has 0 bridgehead atoms. The first kappa shape index (κ1) is 15.3. The highest BCUT2D eigenvalue weighted by Crippen LogP contribution is 2.35. The lowest BCUT2D eigenvalue weighted by atomic mass is 10.2. The quantitative estimate of drug-likeness (QED) is 0.575. The van der Waals surface area contributed by atoms with Crippen molar-refractivity contribution >= 4 is 28.1 Å². The summed E-state index contributed by atoms with van der Waals surface area (Å²) in [6.07, 6.45) is 0. The van der Waals surface area contributed by atoms with Crippen molar-refractivity contribution in [2.45, 2.75) is 13.8 Å². The molecule has 0 aliphatic carbocycles. The van der Waals surface area contributed by atoms with Crippen molar-refractivity contribution < 1.29 is 10.2 Å². The van der Waals surface area contributed by atoms with Gasteiger partial charge >= 0.3 is 0 Å². The molecule has 0 spiro atoms. The van der Waals surface area contributed by atoms with Crippen molar-refractivity contribution in [1.82, 2.24) is 9.97 Å². The van der Waals surface area contributed by atoms with E-state index in [4.69, 9.17) is 5.41 Å². The molecule has 6 heteroatoms. The van der Waals surface area contributed by atoms with E-state index in [-0.39, 0.29) is 23.9 Å². The minimum absolute atomic E-state index is 0.0571. The number of aliphatic hydroxyl groups excluding tert-OH is 1. The van der Waals surface area contributed by atoms with E-state index in [0.29, 0.717) is 17.1 Å². The largest absolute Gasteiger partial charge is 0.509 e. The van der Waals surface area contributed by atoms with Crippen LogP contribution in [0, 0.1) is 19.3 Å². The van der Waals surface area contributed by atoms with Crippen LogP contribution in [0.4, 0.5) is 5.69 Å². The number of aromatic amines is 1. The van der Waals surface area contributed by atoms with Crippen LogP contribution in [-0.2, 0) is 0 Å². The van der Waals surface area contributed by atoms with Gasteiger partial charge in [-0.3, -0.25) is 5.41 Å². The topological polar surface area (TPSA) is 96.2 Å². The van der Waals surface area contributed by atoms with Gasteiger partial charge in [0.05, 0.1) is 28.8 Å². The number of aryl methyl sites for hydroxylation is 2. The zero-order chi connectivity index (χ0) is 17.7. The van der Waals surface area contributed by atoms with Gasteiger partial charge in [0.2, 0.25) is 0 Å². The van der Waals surface area contributed by atoms with E-state index in [0.717, 1.165) is 22.2 Å². The maximum atomic E-state index is 10.4. The third kappa shape index (κ3) is 2.42. The number of nitrogens with one attached hydrogen (secondary N) is 2. The van der Waals surface area contributed by atoms with E-state index < -0.39 is 0 Å². The molecule has 1 aliphatic rings. The van der Waals surface area contributed by atoms with E-state index in [1.807, 2.05) is 32.0 Å². The third-order valence-electron chi connectivity index (χ3n) is 4.40. The number of rotatable bonds is 2. The Kier molecular flexibility index (Phi) is 3.28. The molecule has 0 atom stereocenters. The highest BCUT2D eigenvalue weighted by molar-refractivity contribution is 6.30. The number of imidazole rings is 1. The maximum Gasteiger partial charge on any atom is 0.145 e. The molecule has 0 amide bonds. The molecule has 0 fully saturated rings. The fraction of sp³-hybridized carbons (Fsp3) is 0.158. The number of aromatic hydroxyl groups is 1. The van der Waals surface area contributed by atoms with E-state index in [1.54, 1.807) is 23.1 Å². The Labute approximate surface area is 144 Å². The van der Waals surface area contributed by atoms with Gasteiger partial charge in [0.15, 0.2) is 0 Å². The van der Waals surface area contributed by atoms with Gasteiger partial charge in [0, 0.05) is 0 Å². The van der Waals surface area contributed by atoms with E-state index in [2.05, 4.69) is 9.97 Å². The number of aromatic nitrogens is 2. The summed E-state index contributed by atoms with van der Waals surface area (Å²) in [5.41, 5.74) is 4.57. The zero-order valence-electron chi connectivity index (χ0n) is 14.0. The Balaban J connectivity index is 1.76. The molecular weight excluding hydrogens is 316 g/mol. The van der Waals surface area contributed by atoms with E-state index >= 15 is 0 Å². The Hall–Kier alpha value is -3.28. The number of hydrogen-bond donors (Lipinski definition) is 4. The minimum atomic E-state index is 0.0571. The molecule has 1 aromatic heterocycles. The van der Waals surface area contributed by atoms with Gasteiger partial charge in [-0.2, -0.15) is 0 Å². The van der Waals surface area contributed by atoms with Crippen molar-refractivity contribution in [2.75, 3.05) is 11.4 Å². The van der Waals surface area contributed by atoms with Crippen LogP contribution in [0.15, 0.2) is 42.2 Å². The summed E-state index contributed by atoms with van der Waals surface area (Å²) in [6, 6.07) is 11.0. The number of nitrogens with zero attached hydrogens (tertiary/aromatic N) is 2. The smallest absolute Gasteiger partial charge is 0.145 e. The fourth-order valence-corrected chi connectivity index (χ4v) is 3.13. The monoisotopic (exact) mass is 334 g/mol. The van der Waals surface area contributed by atoms with Crippen molar-refractivity contribution in [1.29, 1.82) is 5.41 Å². The van der Waals surface area contributed by atoms with Crippen molar-refractivity contribution in [3.05, 3.63) is 59.1 Å². The molecule has 0 radical (unpaired) electrons. The molecule has 4 N–H and O–H groups in total. The highest BCUT2D eigenvalue weighted by atomic mass is 16.3. The Morgan fingerprint density at radius 2 is 1.80 bits per heavy atom. The average Bonchev–Trinajstić information content (AvgIpc) is 3.09. The molecule has 0 saturated heterocycles. The Bertz CT molecular complexity index is 1050. The van der Waals surface area contributed by atoms with Crippen LogP contribution < -0.4 is 4.90 Å². The Morgan fingerprint density at radius 3 is 2.60 bits per heavy atom. The first-order valence-electron chi connectivity index (χ1n) is 7.99. The number of benzene rings is 2. The van der Waals surface area contributed by atoms with Gasteiger partial charge in [-0.25, -0.2) is 4.98 Å². The van der Waals surface area contributed by atoms with Gasteiger partial charge in [0.1, 0.15) is 23.2 Å². The van der Waals surface area contributed by atoms with Crippen LogP contribution in [0.1, 0.15) is 17.0 Å². The average molecular weight is 334 g/mol. The predicted octanol–water partition coefficient (Wildman–Crippen LogP) is 3.65. The van der Waals surface area contributed by atoms with Crippen LogP contribution in [0.25, 0.3) is 16.6 Å².